The Balaban J connectivity index is 1.90. The van der Waals surface area contributed by atoms with Gasteiger partial charge in [-0.15, -0.1) is 0 Å². The summed E-state index contributed by atoms with van der Waals surface area (Å²) in [6.45, 7) is 9.93. The molecule has 0 radical (unpaired) electrons. The number of hydrogen-bond donors (Lipinski definition) is 2. The van der Waals surface area contributed by atoms with Gasteiger partial charge in [-0.1, -0.05) is 0 Å². The fraction of sp³-hybridized carbons (Fsp3) is 0.733. The van der Waals surface area contributed by atoms with Crippen LogP contribution in [0, 0.1) is 0 Å². The number of carbonyl (C=O) groups excluding carboxylic acids is 1. The van der Waals surface area contributed by atoms with Crippen LogP contribution in [0.4, 0.5) is 4.79 Å². The summed E-state index contributed by atoms with van der Waals surface area (Å²) in [5.41, 5.74) is 0.525. The monoisotopic (exact) mass is 310 g/mol. The van der Waals surface area contributed by atoms with Crippen LogP contribution in [0.25, 0.3) is 0 Å². The quantitative estimate of drug-likeness (QED) is 0.885. The van der Waals surface area contributed by atoms with Crippen molar-refractivity contribution in [2.75, 3.05) is 26.3 Å². The van der Waals surface area contributed by atoms with E-state index in [1.807, 2.05) is 26.8 Å². The lowest BCUT2D eigenvalue weighted by Crippen LogP contribution is -2.54. The van der Waals surface area contributed by atoms with Gasteiger partial charge in [0.05, 0.1) is 24.9 Å². The summed E-state index contributed by atoms with van der Waals surface area (Å²) in [7, 11) is 0. The number of rotatable bonds is 4. The van der Waals surface area contributed by atoms with Crippen LogP contribution >= 0.6 is 0 Å². The maximum atomic E-state index is 12.3. The maximum Gasteiger partial charge on any atom is 0.410 e. The average molecular weight is 310 g/mol. The van der Waals surface area contributed by atoms with Gasteiger partial charge in [0.1, 0.15) is 5.60 Å². The van der Waals surface area contributed by atoms with Gasteiger partial charge in [-0.3, -0.25) is 10.00 Å². The van der Waals surface area contributed by atoms with Crippen molar-refractivity contribution >= 4 is 6.09 Å². The zero-order chi connectivity index (χ0) is 16.2. The predicted octanol–water partition coefficient (Wildman–Crippen LogP) is 1.70. The molecule has 0 aliphatic carbocycles. The maximum absolute atomic E-state index is 12.3. The van der Waals surface area contributed by atoms with Crippen molar-refractivity contribution in [1.29, 1.82) is 0 Å². The number of H-pyrrole nitrogens is 1. The van der Waals surface area contributed by atoms with Crippen LogP contribution < -0.4 is 5.32 Å². The first kappa shape index (κ1) is 16.8. The molecular weight excluding hydrogens is 284 g/mol. The Hall–Kier alpha value is -1.60. The molecule has 0 bridgehead atoms. The van der Waals surface area contributed by atoms with Crippen molar-refractivity contribution < 1.29 is 14.3 Å². The summed E-state index contributed by atoms with van der Waals surface area (Å²) in [4.78, 5) is 14.1. The van der Waals surface area contributed by atoms with Crippen LogP contribution in [-0.2, 0) is 9.47 Å². The second-order valence-corrected chi connectivity index (χ2v) is 6.54. The Kier molecular flexibility index (Phi) is 5.42. The second-order valence-electron chi connectivity index (χ2n) is 6.54. The Morgan fingerprint density at radius 3 is 3.05 bits per heavy atom. The fourth-order valence-electron chi connectivity index (χ4n) is 2.32. The highest BCUT2D eigenvalue weighted by molar-refractivity contribution is 5.68. The van der Waals surface area contributed by atoms with Crippen molar-refractivity contribution in [3.8, 4) is 0 Å². The molecule has 2 rings (SSSR count). The summed E-state index contributed by atoms with van der Waals surface area (Å²) in [5, 5.41) is 10.3. The van der Waals surface area contributed by atoms with E-state index in [1.54, 1.807) is 11.1 Å². The molecule has 1 aliphatic rings. The summed E-state index contributed by atoms with van der Waals surface area (Å²) < 4.78 is 11.0. The molecule has 1 fully saturated rings. The van der Waals surface area contributed by atoms with Crippen LogP contribution in [0.15, 0.2) is 12.3 Å². The molecular formula is C15H26N4O3. The molecule has 1 saturated heterocycles. The van der Waals surface area contributed by atoms with Gasteiger partial charge in [0.2, 0.25) is 0 Å². The van der Waals surface area contributed by atoms with E-state index in [9.17, 15) is 4.79 Å². The smallest absolute Gasteiger partial charge is 0.410 e. The third-order valence-corrected chi connectivity index (χ3v) is 3.50. The minimum absolute atomic E-state index is 0.0334. The summed E-state index contributed by atoms with van der Waals surface area (Å²) in [6.07, 6.45) is 1.45. The van der Waals surface area contributed by atoms with Crippen molar-refractivity contribution in [3.63, 3.8) is 0 Å². The lowest BCUT2D eigenvalue weighted by molar-refractivity contribution is -0.0321. The number of nitrogens with one attached hydrogen (secondary N) is 2. The Bertz CT molecular complexity index is 470. The van der Waals surface area contributed by atoms with E-state index in [2.05, 4.69) is 22.4 Å². The fourth-order valence-corrected chi connectivity index (χ4v) is 2.32. The van der Waals surface area contributed by atoms with Crippen LogP contribution in [0.5, 0.6) is 0 Å². The Labute approximate surface area is 131 Å². The molecule has 1 aromatic rings. The lowest BCUT2D eigenvalue weighted by Gasteiger charge is -2.37. The summed E-state index contributed by atoms with van der Waals surface area (Å²) in [6, 6.07) is 2.03. The molecule has 22 heavy (non-hydrogen) atoms. The molecule has 1 aromatic heterocycles. The van der Waals surface area contributed by atoms with E-state index in [1.165, 1.54) is 0 Å². The number of aromatic amines is 1. The van der Waals surface area contributed by atoms with Gasteiger partial charge in [-0.2, -0.15) is 5.10 Å². The molecule has 2 atom stereocenters. The number of hydrogen-bond acceptors (Lipinski definition) is 5. The van der Waals surface area contributed by atoms with E-state index in [-0.39, 0.29) is 18.2 Å². The van der Waals surface area contributed by atoms with Crippen LogP contribution in [0.1, 0.15) is 39.4 Å². The number of nitrogens with zero attached hydrogens (tertiary/aromatic N) is 2. The number of carbonyl (C=O) groups is 1. The van der Waals surface area contributed by atoms with E-state index < -0.39 is 5.60 Å². The SMILES string of the molecule is CC(NCC1COCCN1C(=O)OC(C)(C)C)c1ccn[nH]1. The largest absolute Gasteiger partial charge is 0.444 e. The van der Waals surface area contributed by atoms with Gasteiger partial charge in [0, 0.05) is 25.3 Å². The van der Waals surface area contributed by atoms with E-state index in [0.717, 1.165) is 5.69 Å². The molecule has 2 unspecified atom stereocenters. The molecule has 0 spiro atoms. The van der Waals surface area contributed by atoms with Gasteiger partial charge in [-0.25, -0.2) is 4.79 Å². The first-order valence-corrected chi connectivity index (χ1v) is 7.67. The molecule has 2 heterocycles. The Morgan fingerprint density at radius 2 is 2.41 bits per heavy atom. The first-order chi connectivity index (χ1) is 10.4. The van der Waals surface area contributed by atoms with Gasteiger partial charge in [0.15, 0.2) is 0 Å². The molecule has 0 saturated carbocycles. The molecule has 0 aromatic carbocycles. The van der Waals surface area contributed by atoms with Crippen LogP contribution in [0.3, 0.4) is 0 Å². The van der Waals surface area contributed by atoms with Crippen molar-refractivity contribution in [3.05, 3.63) is 18.0 Å². The van der Waals surface area contributed by atoms with Gasteiger partial charge < -0.3 is 14.8 Å². The highest BCUT2D eigenvalue weighted by atomic mass is 16.6. The van der Waals surface area contributed by atoms with E-state index in [4.69, 9.17) is 9.47 Å². The zero-order valence-corrected chi connectivity index (χ0v) is 13.8. The zero-order valence-electron chi connectivity index (χ0n) is 13.8. The van der Waals surface area contributed by atoms with Crippen molar-refractivity contribution in [2.24, 2.45) is 0 Å². The molecule has 7 heteroatoms. The third-order valence-electron chi connectivity index (χ3n) is 3.50. The number of ether oxygens (including phenoxy) is 2. The molecule has 7 nitrogen and oxygen atoms in total. The summed E-state index contributed by atoms with van der Waals surface area (Å²) in [5.74, 6) is 0. The van der Waals surface area contributed by atoms with Crippen LogP contribution in [-0.4, -0.2) is 59.1 Å². The summed E-state index contributed by atoms with van der Waals surface area (Å²) >= 11 is 0. The number of aromatic nitrogens is 2. The predicted molar refractivity (Wildman–Crippen MR) is 82.6 cm³/mol. The highest BCUT2D eigenvalue weighted by Crippen LogP contribution is 2.15. The second kappa shape index (κ2) is 7.11. The number of morpholine rings is 1. The minimum atomic E-state index is -0.490. The Morgan fingerprint density at radius 1 is 1.64 bits per heavy atom. The number of amides is 1. The molecule has 1 amide bonds. The van der Waals surface area contributed by atoms with E-state index in [0.29, 0.717) is 26.3 Å². The van der Waals surface area contributed by atoms with Crippen molar-refractivity contribution in [2.45, 2.75) is 45.4 Å². The van der Waals surface area contributed by atoms with Gasteiger partial charge in [-0.05, 0) is 33.8 Å². The first-order valence-electron chi connectivity index (χ1n) is 7.67. The van der Waals surface area contributed by atoms with E-state index >= 15 is 0 Å². The third kappa shape index (κ3) is 4.71. The highest BCUT2D eigenvalue weighted by Gasteiger charge is 2.31. The molecule has 124 valence electrons. The van der Waals surface area contributed by atoms with Gasteiger partial charge >= 0.3 is 6.09 Å². The molecule has 1 aliphatic heterocycles. The van der Waals surface area contributed by atoms with Crippen molar-refractivity contribution in [1.82, 2.24) is 20.4 Å². The van der Waals surface area contributed by atoms with Crippen LogP contribution in [0.2, 0.25) is 0 Å². The molecule has 2 N–H and O–H groups in total. The normalized spacial score (nSPS) is 20.7. The van der Waals surface area contributed by atoms with Gasteiger partial charge in [0.25, 0.3) is 0 Å². The minimum Gasteiger partial charge on any atom is -0.444 e. The lowest BCUT2D eigenvalue weighted by atomic mass is 10.2. The standard InChI is InChI=1S/C15H26N4O3/c1-11(13-5-6-17-18-13)16-9-12-10-21-8-7-19(12)14(20)22-15(2,3)4/h5-6,11-12,16H,7-10H2,1-4H3,(H,17,18). The average Bonchev–Trinajstić information content (AvgIpc) is 2.97. The topological polar surface area (TPSA) is 79.5 Å².